The Morgan fingerprint density at radius 2 is 1.40 bits per heavy atom. The lowest BCUT2D eigenvalue weighted by Gasteiger charge is -2.33. The van der Waals surface area contributed by atoms with Crippen LogP contribution < -0.4 is 9.62 Å². The molecule has 8 heteroatoms. The van der Waals surface area contributed by atoms with Crippen LogP contribution >= 0.6 is 0 Å². The quantitative estimate of drug-likeness (QED) is 0.470. The van der Waals surface area contributed by atoms with E-state index in [9.17, 15) is 18.0 Å². The lowest BCUT2D eigenvalue weighted by molar-refractivity contribution is -0.139. The van der Waals surface area contributed by atoms with Crippen LogP contribution in [0, 0.1) is 6.92 Å². The maximum absolute atomic E-state index is 13.8. The third kappa shape index (κ3) is 6.93. The summed E-state index contributed by atoms with van der Waals surface area (Å²) >= 11 is 0. The number of nitrogens with one attached hydrogen (secondary N) is 1. The van der Waals surface area contributed by atoms with Gasteiger partial charge in [-0.15, -0.1) is 0 Å². The normalized spacial score (nSPS) is 12.0. The molecule has 2 amide bonds. The molecule has 0 bridgehead atoms. The number of hydrogen-bond donors (Lipinski definition) is 1. The standard InChI is InChI=1S/C27H31N3O4S/c1-21-12-10-11-17-24(21)30(35(3,33)34)20-26(31)29(19-23-15-8-5-9-16-23)25(27(32)28-2)18-22-13-6-4-7-14-22/h4-17,25H,18-20H2,1-3H3,(H,28,32). The van der Waals surface area contributed by atoms with Gasteiger partial charge in [0.05, 0.1) is 11.9 Å². The number of carbonyl (C=O) groups is 2. The van der Waals surface area contributed by atoms with Crippen LogP contribution in [0.4, 0.5) is 5.69 Å². The van der Waals surface area contributed by atoms with Crippen molar-refractivity contribution in [2.75, 3.05) is 24.2 Å². The van der Waals surface area contributed by atoms with Gasteiger partial charge in [0.15, 0.2) is 0 Å². The predicted octanol–water partition coefficient (Wildman–Crippen LogP) is 3.15. The zero-order valence-electron chi connectivity index (χ0n) is 20.2. The molecule has 0 aliphatic rings. The minimum atomic E-state index is -3.77. The maximum Gasteiger partial charge on any atom is 0.244 e. The Morgan fingerprint density at radius 3 is 1.94 bits per heavy atom. The van der Waals surface area contributed by atoms with Gasteiger partial charge in [-0.3, -0.25) is 13.9 Å². The molecular weight excluding hydrogens is 462 g/mol. The first-order valence-electron chi connectivity index (χ1n) is 11.3. The molecule has 0 spiro atoms. The summed E-state index contributed by atoms with van der Waals surface area (Å²) in [5.41, 5.74) is 2.89. The van der Waals surface area contributed by atoms with Crippen LogP contribution in [-0.4, -0.2) is 51.0 Å². The zero-order chi connectivity index (χ0) is 25.4. The molecule has 0 saturated heterocycles. The van der Waals surface area contributed by atoms with E-state index in [0.29, 0.717) is 12.1 Å². The fraction of sp³-hybridized carbons (Fsp3) is 0.259. The van der Waals surface area contributed by atoms with Gasteiger partial charge in [0.2, 0.25) is 21.8 Å². The van der Waals surface area contributed by atoms with E-state index < -0.39 is 28.5 Å². The van der Waals surface area contributed by atoms with Crippen molar-refractivity contribution in [1.82, 2.24) is 10.2 Å². The Bertz CT molecular complexity index is 1250. The SMILES string of the molecule is CNC(=O)C(Cc1ccccc1)N(Cc1ccccc1)C(=O)CN(c1ccccc1C)S(C)(=O)=O. The third-order valence-corrected chi connectivity index (χ3v) is 6.90. The van der Waals surface area contributed by atoms with Crippen LogP contribution in [0.2, 0.25) is 0 Å². The number of aryl methyl sites for hydroxylation is 1. The molecule has 0 fully saturated rings. The number of para-hydroxylation sites is 1. The van der Waals surface area contributed by atoms with E-state index in [1.165, 1.54) is 11.9 Å². The Kier molecular flexibility index (Phi) is 8.65. The van der Waals surface area contributed by atoms with E-state index >= 15 is 0 Å². The van der Waals surface area contributed by atoms with Crippen molar-refractivity contribution in [3.05, 3.63) is 102 Å². The molecule has 3 rings (SSSR count). The predicted molar refractivity (Wildman–Crippen MR) is 138 cm³/mol. The second-order valence-electron chi connectivity index (χ2n) is 8.38. The summed E-state index contributed by atoms with van der Waals surface area (Å²) < 4.78 is 26.6. The highest BCUT2D eigenvalue weighted by Gasteiger charge is 2.32. The van der Waals surface area contributed by atoms with E-state index in [2.05, 4.69) is 5.32 Å². The Morgan fingerprint density at radius 1 is 0.857 bits per heavy atom. The number of sulfonamides is 1. The van der Waals surface area contributed by atoms with E-state index in [-0.39, 0.29) is 12.5 Å². The molecule has 7 nitrogen and oxygen atoms in total. The van der Waals surface area contributed by atoms with Crippen molar-refractivity contribution in [2.24, 2.45) is 0 Å². The van der Waals surface area contributed by atoms with E-state index in [1.54, 1.807) is 25.1 Å². The molecule has 1 N–H and O–H groups in total. The molecule has 0 aliphatic heterocycles. The van der Waals surface area contributed by atoms with Crippen LogP contribution in [0.25, 0.3) is 0 Å². The minimum Gasteiger partial charge on any atom is -0.357 e. The van der Waals surface area contributed by atoms with Crippen LogP contribution in [-0.2, 0) is 32.6 Å². The zero-order valence-corrected chi connectivity index (χ0v) is 21.0. The van der Waals surface area contributed by atoms with Crippen molar-refractivity contribution < 1.29 is 18.0 Å². The van der Waals surface area contributed by atoms with Gasteiger partial charge in [-0.25, -0.2) is 8.42 Å². The minimum absolute atomic E-state index is 0.163. The van der Waals surface area contributed by atoms with Gasteiger partial charge >= 0.3 is 0 Å². The summed E-state index contributed by atoms with van der Waals surface area (Å²) in [5.74, 6) is -0.785. The van der Waals surface area contributed by atoms with Gasteiger partial charge in [0.25, 0.3) is 0 Å². The van der Waals surface area contributed by atoms with Crippen molar-refractivity contribution in [3.63, 3.8) is 0 Å². The molecule has 0 saturated carbocycles. The molecule has 0 heterocycles. The fourth-order valence-electron chi connectivity index (χ4n) is 3.94. The van der Waals surface area contributed by atoms with Crippen molar-refractivity contribution in [3.8, 4) is 0 Å². The largest absolute Gasteiger partial charge is 0.357 e. The summed E-state index contributed by atoms with van der Waals surface area (Å²) in [7, 11) is -2.24. The second kappa shape index (κ2) is 11.7. The average molecular weight is 494 g/mol. The lowest BCUT2D eigenvalue weighted by atomic mass is 10.0. The third-order valence-electron chi connectivity index (χ3n) is 5.78. The molecule has 0 aromatic heterocycles. The Balaban J connectivity index is 2.01. The molecule has 1 unspecified atom stereocenters. The number of rotatable bonds is 10. The first kappa shape index (κ1) is 26.0. The van der Waals surface area contributed by atoms with Gasteiger partial charge < -0.3 is 10.2 Å². The van der Waals surface area contributed by atoms with E-state index in [0.717, 1.165) is 27.3 Å². The molecule has 3 aromatic carbocycles. The number of likely N-dealkylation sites (N-methyl/N-ethyl adjacent to an activating group) is 1. The molecule has 184 valence electrons. The van der Waals surface area contributed by atoms with Gasteiger partial charge in [0, 0.05) is 20.0 Å². The van der Waals surface area contributed by atoms with Gasteiger partial charge in [0.1, 0.15) is 12.6 Å². The van der Waals surface area contributed by atoms with Crippen LogP contribution in [0.5, 0.6) is 0 Å². The van der Waals surface area contributed by atoms with Crippen molar-refractivity contribution in [1.29, 1.82) is 0 Å². The van der Waals surface area contributed by atoms with E-state index in [4.69, 9.17) is 0 Å². The maximum atomic E-state index is 13.8. The van der Waals surface area contributed by atoms with Gasteiger partial charge in [-0.1, -0.05) is 78.9 Å². The molecule has 1 atom stereocenters. The second-order valence-corrected chi connectivity index (χ2v) is 10.3. The first-order valence-corrected chi connectivity index (χ1v) is 13.2. The Hall–Kier alpha value is -3.65. The number of amides is 2. The lowest BCUT2D eigenvalue weighted by Crippen LogP contribution is -2.53. The topological polar surface area (TPSA) is 86.8 Å². The highest BCUT2D eigenvalue weighted by molar-refractivity contribution is 7.92. The van der Waals surface area contributed by atoms with Crippen LogP contribution in [0.3, 0.4) is 0 Å². The molecular formula is C27H31N3O4S. The van der Waals surface area contributed by atoms with Gasteiger partial charge in [-0.05, 0) is 29.7 Å². The van der Waals surface area contributed by atoms with E-state index in [1.807, 2.05) is 66.7 Å². The fourth-order valence-corrected chi connectivity index (χ4v) is 4.85. The number of benzene rings is 3. The summed E-state index contributed by atoms with van der Waals surface area (Å²) in [4.78, 5) is 28.3. The number of carbonyl (C=O) groups excluding carboxylic acids is 2. The Labute approximate surface area is 207 Å². The first-order chi connectivity index (χ1) is 16.7. The molecule has 0 aliphatic carbocycles. The van der Waals surface area contributed by atoms with Crippen molar-refractivity contribution in [2.45, 2.75) is 25.9 Å². The summed E-state index contributed by atoms with van der Waals surface area (Å²) in [5, 5.41) is 2.67. The van der Waals surface area contributed by atoms with Crippen LogP contribution in [0.15, 0.2) is 84.9 Å². The highest BCUT2D eigenvalue weighted by Crippen LogP contribution is 2.23. The summed E-state index contributed by atoms with van der Waals surface area (Å²) in [6, 6.07) is 25.0. The molecule has 0 radical (unpaired) electrons. The molecule has 3 aromatic rings. The average Bonchev–Trinajstić information content (AvgIpc) is 2.85. The summed E-state index contributed by atoms with van der Waals surface area (Å²) in [6.45, 7) is 1.54. The molecule has 35 heavy (non-hydrogen) atoms. The highest BCUT2D eigenvalue weighted by atomic mass is 32.2. The monoisotopic (exact) mass is 493 g/mol. The van der Waals surface area contributed by atoms with Crippen LogP contribution in [0.1, 0.15) is 16.7 Å². The number of nitrogens with zero attached hydrogens (tertiary/aromatic N) is 2. The van der Waals surface area contributed by atoms with Crippen molar-refractivity contribution >= 4 is 27.5 Å². The van der Waals surface area contributed by atoms with Gasteiger partial charge in [-0.2, -0.15) is 0 Å². The smallest absolute Gasteiger partial charge is 0.244 e. The number of anilines is 1. The summed E-state index contributed by atoms with van der Waals surface area (Å²) in [6.07, 6.45) is 1.37. The number of hydrogen-bond acceptors (Lipinski definition) is 4.